The lowest BCUT2D eigenvalue weighted by Gasteiger charge is -2.28. The minimum Gasteiger partial charge on any atom is -0.374 e. The number of benzene rings is 1. The van der Waals surface area contributed by atoms with E-state index >= 15 is 0 Å². The molecule has 1 heterocycles. The molecular weight excluding hydrogens is 210 g/mol. The van der Waals surface area contributed by atoms with Gasteiger partial charge < -0.3 is 15.5 Å². The highest BCUT2D eigenvalue weighted by Crippen LogP contribution is 2.26. The lowest BCUT2D eigenvalue weighted by Crippen LogP contribution is -2.26. The number of hydrogen-bond acceptors (Lipinski definition) is 3. The lowest BCUT2D eigenvalue weighted by molar-refractivity contribution is 0.336. The van der Waals surface area contributed by atoms with Crippen LogP contribution in [0.4, 0.5) is 5.69 Å². The molecular formula is C14H23N3. The van der Waals surface area contributed by atoms with E-state index in [2.05, 4.69) is 42.1 Å². The molecule has 1 aromatic rings. The fraction of sp³-hybridized carbons (Fsp3) is 0.571. The number of nitrogens with zero attached hydrogens (tertiary/aromatic N) is 2. The van der Waals surface area contributed by atoms with E-state index < -0.39 is 0 Å². The van der Waals surface area contributed by atoms with Gasteiger partial charge in [0.05, 0.1) is 0 Å². The molecule has 0 fully saturated rings. The lowest BCUT2D eigenvalue weighted by atomic mass is 9.99. The van der Waals surface area contributed by atoms with Crippen molar-refractivity contribution in [2.24, 2.45) is 5.73 Å². The number of nitrogens with two attached hydrogens (primary N) is 1. The summed E-state index contributed by atoms with van der Waals surface area (Å²) in [5, 5.41) is 0. The monoisotopic (exact) mass is 233 g/mol. The molecule has 94 valence electrons. The summed E-state index contributed by atoms with van der Waals surface area (Å²) in [6, 6.07) is 6.87. The van der Waals surface area contributed by atoms with Crippen LogP contribution in [0, 0.1) is 0 Å². The van der Waals surface area contributed by atoms with Crippen molar-refractivity contribution in [3.05, 3.63) is 29.3 Å². The Hall–Kier alpha value is -1.06. The van der Waals surface area contributed by atoms with Crippen molar-refractivity contribution in [2.45, 2.75) is 19.4 Å². The second kappa shape index (κ2) is 5.52. The standard InChI is InChI=1S/C14H23N3/c1-16(9-7-15)11-12-5-6-14-13(10-12)4-3-8-17(14)2/h5-6,10H,3-4,7-9,11,15H2,1-2H3. The van der Waals surface area contributed by atoms with Gasteiger partial charge in [-0.1, -0.05) is 12.1 Å². The van der Waals surface area contributed by atoms with Gasteiger partial charge in [-0.05, 0) is 37.1 Å². The minimum absolute atomic E-state index is 0.726. The summed E-state index contributed by atoms with van der Waals surface area (Å²) < 4.78 is 0. The van der Waals surface area contributed by atoms with Crippen LogP contribution >= 0.6 is 0 Å². The third-order valence-corrected chi connectivity index (χ3v) is 3.46. The zero-order chi connectivity index (χ0) is 12.3. The number of fused-ring (bicyclic) bond motifs is 1. The summed E-state index contributed by atoms with van der Waals surface area (Å²) in [6.45, 7) is 3.86. The van der Waals surface area contributed by atoms with Crippen LogP contribution in [0.1, 0.15) is 17.5 Å². The van der Waals surface area contributed by atoms with E-state index in [0.29, 0.717) is 0 Å². The van der Waals surface area contributed by atoms with Crippen molar-refractivity contribution < 1.29 is 0 Å². The highest BCUT2D eigenvalue weighted by Gasteiger charge is 2.13. The van der Waals surface area contributed by atoms with Gasteiger partial charge in [-0.2, -0.15) is 0 Å². The third kappa shape index (κ3) is 2.99. The number of hydrogen-bond donors (Lipinski definition) is 1. The van der Waals surface area contributed by atoms with Crippen molar-refractivity contribution in [3.63, 3.8) is 0 Å². The molecule has 3 heteroatoms. The Labute approximate surface area is 104 Å². The number of anilines is 1. The highest BCUT2D eigenvalue weighted by atomic mass is 15.1. The van der Waals surface area contributed by atoms with E-state index in [-0.39, 0.29) is 0 Å². The van der Waals surface area contributed by atoms with E-state index in [4.69, 9.17) is 5.73 Å². The maximum Gasteiger partial charge on any atom is 0.0396 e. The van der Waals surface area contributed by atoms with Crippen LogP contribution in [0.15, 0.2) is 18.2 Å². The van der Waals surface area contributed by atoms with Gasteiger partial charge in [0.1, 0.15) is 0 Å². The van der Waals surface area contributed by atoms with Crippen molar-refractivity contribution in [2.75, 3.05) is 38.6 Å². The van der Waals surface area contributed by atoms with Gasteiger partial charge in [0, 0.05) is 38.9 Å². The average molecular weight is 233 g/mol. The second-order valence-electron chi connectivity index (χ2n) is 5.01. The van der Waals surface area contributed by atoms with Crippen molar-refractivity contribution in [1.29, 1.82) is 0 Å². The summed E-state index contributed by atoms with van der Waals surface area (Å²) >= 11 is 0. The first-order chi connectivity index (χ1) is 8.20. The summed E-state index contributed by atoms with van der Waals surface area (Å²) in [7, 11) is 4.30. The molecule has 1 aromatic carbocycles. The van der Waals surface area contributed by atoms with Crippen LogP contribution in [0.5, 0.6) is 0 Å². The molecule has 0 bridgehead atoms. The molecule has 1 aliphatic rings. The van der Waals surface area contributed by atoms with E-state index in [0.717, 1.165) is 19.6 Å². The average Bonchev–Trinajstić information content (AvgIpc) is 2.29. The number of aryl methyl sites for hydroxylation is 1. The Morgan fingerprint density at radius 2 is 2.24 bits per heavy atom. The van der Waals surface area contributed by atoms with E-state index in [1.165, 1.54) is 36.2 Å². The Morgan fingerprint density at radius 3 is 3.00 bits per heavy atom. The van der Waals surface area contributed by atoms with Gasteiger partial charge in [0.25, 0.3) is 0 Å². The van der Waals surface area contributed by atoms with E-state index in [9.17, 15) is 0 Å². The van der Waals surface area contributed by atoms with Crippen LogP contribution in [-0.4, -0.2) is 38.6 Å². The maximum atomic E-state index is 5.56. The van der Waals surface area contributed by atoms with Gasteiger partial charge >= 0.3 is 0 Å². The summed E-state index contributed by atoms with van der Waals surface area (Å²) in [5.41, 5.74) is 9.86. The van der Waals surface area contributed by atoms with Gasteiger partial charge in [0.2, 0.25) is 0 Å². The van der Waals surface area contributed by atoms with Crippen molar-refractivity contribution in [3.8, 4) is 0 Å². The third-order valence-electron chi connectivity index (χ3n) is 3.46. The molecule has 0 atom stereocenters. The molecule has 0 saturated heterocycles. The first kappa shape index (κ1) is 12.4. The Bertz CT molecular complexity index is 376. The Balaban J connectivity index is 2.10. The summed E-state index contributed by atoms with van der Waals surface area (Å²) in [5.74, 6) is 0. The molecule has 0 aromatic heterocycles. The van der Waals surface area contributed by atoms with E-state index in [1.54, 1.807) is 0 Å². The normalized spacial score (nSPS) is 15.2. The molecule has 0 amide bonds. The van der Waals surface area contributed by atoms with Crippen LogP contribution in [0.3, 0.4) is 0 Å². The second-order valence-corrected chi connectivity index (χ2v) is 5.01. The number of likely N-dealkylation sites (N-methyl/N-ethyl adjacent to an activating group) is 1. The molecule has 0 spiro atoms. The molecule has 0 saturated carbocycles. The topological polar surface area (TPSA) is 32.5 Å². The van der Waals surface area contributed by atoms with Gasteiger partial charge in [0.15, 0.2) is 0 Å². The van der Waals surface area contributed by atoms with Crippen LogP contribution in [-0.2, 0) is 13.0 Å². The molecule has 0 unspecified atom stereocenters. The van der Waals surface area contributed by atoms with Crippen LogP contribution < -0.4 is 10.6 Å². The Morgan fingerprint density at radius 1 is 1.41 bits per heavy atom. The Kier molecular flexibility index (Phi) is 4.02. The predicted molar refractivity (Wildman–Crippen MR) is 73.4 cm³/mol. The van der Waals surface area contributed by atoms with Crippen LogP contribution in [0.2, 0.25) is 0 Å². The fourth-order valence-corrected chi connectivity index (χ4v) is 2.55. The molecule has 0 radical (unpaired) electrons. The SMILES string of the molecule is CN(CCN)Cc1ccc2c(c1)CCCN2C. The first-order valence-corrected chi connectivity index (χ1v) is 6.42. The largest absolute Gasteiger partial charge is 0.374 e. The van der Waals surface area contributed by atoms with Crippen LogP contribution in [0.25, 0.3) is 0 Å². The molecule has 1 aliphatic heterocycles. The zero-order valence-corrected chi connectivity index (χ0v) is 10.9. The molecule has 0 aliphatic carbocycles. The summed E-state index contributed by atoms with van der Waals surface area (Å²) in [4.78, 5) is 4.63. The smallest absolute Gasteiger partial charge is 0.0396 e. The molecule has 3 nitrogen and oxygen atoms in total. The zero-order valence-electron chi connectivity index (χ0n) is 10.9. The molecule has 2 N–H and O–H groups in total. The maximum absolute atomic E-state index is 5.56. The first-order valence-electron chi connectivity index (χ1n) is 6.42. The quantitative estimate of drug-likeness (QED) is 0.854. The van der Waals surface area contributed by atoms with E-state index in [1.807, 2.05) is 0 Å². The van der Waals surface area contributed by atoms with Crippen molar-refractivity contribution in [1.82, 2.24) is 4.90 Å². The summed E-state index contributed by atoms with van der Waals surface area (Å²) in [6.07, 6.45) is 2.49. The fourth-order valence-electron chi connectivity index (χ4n) is 2.55. The minimum atomic E-state index is 0.726. The molecule has 2 rings (SSSR count). The molecule has 17 heavy (non-hydrogen) atoms. The van der Waals surface area contributed by atoms with Gasteiger partial charge in [-0.15, -0.1) is 0 Å². The highest BCUT2D eigenvalue weighted by molar-refractivity contribution is 5.56. The predicted octanol–water partition coefficient (Wildman–Crippen LogP) is 1.46. The van der Waals surface area contributed by atoms with Crippen molar-refractivity contribution >= 4 is 5.69 Å². The van der Waals surface area contributed by atoms with Gasteiger partial charge in [-0.3, -0.25) is 0 Å². The number of rotatable bonds is 4. The van der Waals surface area contributed by atoms with Gasteiger partial charge in [-0.25, -0.2) is 0 Å².